The number of carbonyl (C=O) groups is 1. The molecule has 0 aromatic heterocycles. The number of benzene rings is 1. The molecule has 76 valence electrons. The van der Waals surface area contributed by atoms with E-state index in [1.807, 2.05) is 0 Å². The fraction of sp³-hybridized carbons (Fsp3) is 0.100. The van der Waals surface area contributed by atoms with Crippen LogP contribution in [0.15, 0.2) is 30.3 Å². The number of carboxylic acid groups (broad SMARTS) is 1. The molecule has 0 spiro atoms. The van der Waals surface area contributed by atoms with Gasteiger partial charge in [-0.3, -0.25) is 0 Å². The minimum absolute atomic E-state index is 0. The number of hydrogen-bond acceptors (Lipinski definition) is 2. The first kappa shape index (κ1) is 12.7. The number of hydrogen-bond donors (Lipinski definition) is 1. The van der Waals surface area contributed by atoms with Crippen molar-refractivity contribution in [3.8, 4) is 5.75 Å². The molecule has 0 bridgehead atoms. The van der Waals surface area contributed by atoms with Gasteiger partial charge in [0.25, 0.3) is 0 Å². The SMILES string of the molecule is COc1ccc(C=CC(=O)O)cc1.[Fe]. The van der Waals surface area contributed by atoms with Crippen molar-refractivity contribution < 1.29 is 31.7 Å². The standard InChI is InChI=1S/C10H10O3.Fe/c1-13-9-5-2-8(3-6-9)4-7-10(11)12;/h2-7H,1H3,(H,11,12);. The molecule has 0 heterocycles. The maximum absolute atomic E-state index is 10.2. The molecule has 0 saturated heterocycles. The molecule has 1 rings (SSSR count). The molecule has 0 aliphatic rings. The van der Waals surface area contributed by atoms with E-state index in [0.29, 0.717) is 0 Å². The third-order valence-corrected chi connectivity index (χ3v) is 1.53. The Bertz CT molecular complexity index is 317. The molecule has 0 aliphatic heterocycles. The summed E-state index contributed by atoms with van der Waals surface area (Å²) in [5.74, 6) is -0.191. The van der Waals surface area contributed by atoms with Crippen LogP contribution in [0.1, 0.15) is 5.56 Å². The van der Waals surface area contributed by atoms with Crippen molar-refractivity contribution in [3.05, 3.63) is 35.9 Å². The summed E-state index contributed by atoms with van der Waals surface area (Å²) in [5, 5.41) is 8.36. The zero-order valence-electron chi connectivity index (χ0n) is 7.58. The van der Waals surface area contributed by atoms with Crippen molar-refractivity contribution in [2.45, 2.75) is 0 Å². The summed E-state index contributed by atoms with van der Waals surface area (Å²) in [6.45, 7) is 0. The van der Waals surface area contributed by atoms with Gasteiger partial charge in [0.05, 0.1) is 7.11 Å². The predicted octanol–water partition coefficient (Wildman–Crippen LogP) is 1.79. The van der Waals surface area contributed by atoms with E-state index >= 15 is 0 Å². The van der Waals surface area contributed by atoms with Crippen LogP contribution >= 0.6 is 0 Å². The molecule has 0 amide bonds. The molecule has 1 aromatic carbocycles. The molecule has 1 N–H and O–H groups in total. The second kappa shape index (κ2) is 6.24. The Morgan fingerprint density at radius 2 is 1.93 bits per heavy atom. The van der Waals surface area contributed by atoms with E-state index in [1.54, 1.807) is 31.4 Å². The molecule has 0 unspecified atom stereocenters. The smallest absolute Gasteiger partial charge is 0.328 e. The maximum Gasteiger partial charge on any atom is 0.328 e. The Morgan fingerprint density at radius 3 is 2.36 bits per heavy atom. The largest absolute Gasteiger partial charge is 0.497 e. The van der Waals surface area contributed by atoms with Gasteiger partial charge in [-0.25, -0.2) is 4.79 Å². The predicted molar refractivity (Wildman–Crippen MR) is 49.7 cm³/mol. The van der Waals surface area contributed by atoms with E-state index in [2.05, 4.69) is 0 Å². The van der Waals surface area contributed by atoms with Crippen LogP contribution < -0.4 is 4.74 Å². The molecule has 0 radical (unpaired) electrons. The van der Waals surface area contributed by atoms with Gasteiger partial charge in [0.15, 0.2) is 0 Å². The number of rotatable bonds is 3. The summed E-state index contributed by atoms with van der Waals surface area (Å²) in [6.07, 6.45) is 2.63. The van der Waals surface area contributed by atoms with Gasteiger partial charge in [-0.05, 0) is 23.8 Å². The Kier molecular flexibility index (Phi) is 5.68. The molecule has 0 fully saturated rings. The third kappa shape index (κ3) is 4.12. The fourth-order valence-corrected chi connectivity index (χ4v) is 0.883. The Balaban J connectivity index is 0.00000169. The van der Waals surface area contributed by atoms with Gasteiger partial charge in [0.2, 0.25) is 0 Å². The monoisotopic (exact) mass is 234 g/mol. The second-order valence-electron chi connectivity index (χ2n) is 2.44. The van der Waals surface area contributed by atoms with E-state index in [4.69, 9.17) is 9.84 Å². The zero-order chi connectivity index (χ0) is 9.68. The van der Waals surface area contributed by atoms with Crippen molar-refractivity contribution in [2.24, 2.45) is 0 Å². The van der Waals surface area contributed by atoms with E-state index in [-0.39, 0.29) is 17.1 Å². The van der Waals surface area contributed by atoms with Crippen molar-refractivity contribution in [1.82, 2.24) is 0 Å². The topological polar surface area (TPSA) is 46.5 Å². The summed E-state index contributed by atoms with van der Waals surface area (Å²) in [4.78, 5) is 10.2. The van der Waals surface area contributed by atoms with Crippen LogP contribution in [0.4, 0.5) is 0 Å². The first-order valence-electron chi connectivity index (χ1n) is 3.77. The molecule has 14 heavy (non-hydrogen) atoms. The average molecular weight is 234 g/mol. The first-order valence-corrected chi connectivity index (χ1v) is 3.77. The van der Waals surface area contributed by atoms with E-state index in [1.165, 1.54) is 6.08 Å². The number of ether oxygens (including phenoxy) is 1. The van der Waals surface area contributed by atoms with Crippen LogP contribution in [-0.2, 0) is 21.9 Å². The van der Waals surface area contributed by atoms with Crippen molar-refractivity contribution in [1.29, 1.82) is 0 Å². The summed E-state index contributed by atoms with van der Waals surface area (Å²) in [5.41, 5.74) is 0.836. The zero-order valence-corrected chi connectivity index (χ0v) is 8.69. The molecule has 0 saturated carbocycles. The van der Waals surface area contributed by atoms with Crippen LogP contribution in [0.25, 0.3) is 6.08 Å². The summed E-state index contributed by atoms with van der Waals surface area (Å²) in [6, 6.07) is 7.14. The maximum atomic E-state index is 10.2. The summed E-state index contributed by atoms with van der Waals surface area (Å²) in [7, 11) is 1.59. The van der Waals surface area contributed by atoms with Gasteiger partial charge in [-0.2, -0.15) is 0 Å². The summed E-state index contributed by atoms with van der Waals surface area (Å²) < 4.78 is 4.95. The fourth-order valence-electron chi connectivity index (χ4n) is 0.883. The van der Waals surface area contributed by atoms with Gasteiger partial charge in [0, 0.05) is 23.1 Å². The van der Waals surface area contributed by atoms with Gasteiger partial charge < -0.3 is 9.84 Å². The van der Waals surface area contributed by atoms with Crippen molar-refractivity contribution in [3.63, 3.8) is 0 Å². The third-order valence-electron chi connectivity index (χ3n) is 1.53. The number of aliphatic carboxylic acids is 1. The van der Waals surface area contributed by atoms with Crippen LogP contribution in [0.5, 0.6) is 5.75 Å². The average Bonchev–Trinajstić information content (AvgIpc) is 2.15. The minimum atomic E-state index is -0.948. The molecule has 0 atom stereocenters. The van der Waals surface area contributed by atoms with E-state index < -0.39 is 5.97 Å². The molecule has 3 nitrogen and oxygen atoms in total. The molecular weight excluding hydrogens is 224 g/mol. The molecule has 4 heteroatoms. The second-order valence-corrected chi connectivity index (χ2v) is 2.44. The number of carboxylic acids is 1. The van der Waals surface area contributed by atoms with Crippen LogP contribution in [0.2, 0.25) is 0 Å². The van der Waals surface area contributed by atoms with Crippen LogP contribution in [0, 0.1) is 0 Å². The van der Waals surface area contributed by atoms with Gasteiger partial charge in [0.1, 0.15) is 5.75 Å². The van der Waals surface area contributed by atoms with Crippen molar-refractivity contribution in [2.75, 3.05) is 7.11 Å². The Morgan fingerprint density at radius 1 is 1.36 bits per heavy atom. The molecule has 0 aliphatic carbocycles. The number of methoxy groups -OCH3 is 1. The van der Waals surface area contributed by atoms with Gasteiger partial charge in [-0.1, -0.05) is 12.1 Å². The van der Waals surface area contributed by atoms with E-state index in [0.717, 1.165) is 17.4 Å². The van der Waals surface area contributed by atoms with E-state index in [9.17, 15) is 4.79 Å². The Labute approximate surface area is 92.9 Å². The van der Waals surface area contributed by atoms with Gasteiger partial charge in [-0.15, -0.1) is 0 Å². The van der Waals surface area contributed by atoms with Gasteiger partial charge >= 0.3 is 5.97 Å². The molecule has 1 aromatic rings. The van der Waals surface area contributed by atoms with Crippen LogP contribution in [0.3, 0.4) is 0 Å². The quantitative estimate of drug-likeness (QED) is 0.640. The first-order chi connectivity index (χ1) is 6.22. The normalized spacial score (nSPS) is 9.50. The minimum Gasteiger partial charge on any atom is -0.497 e. The Hall–Kier alpha value is -1.25. The van der Waals surface area contributed by atoms with Crippen molar-refractivity contribution >= 4 is 12.0 Å². The van der Waals surface area contributed by atoms with Crippen LogP contribution in [-0.4, -0.2) is 18.2 Å². The molecular formula is C10H10FeO3. The summed E-state index contributed by atoms with van der Waals surface area (Å²) >= 11 is 0.